The van der Waals surface area contributed by atoms with E-state index < -0.39 is 10.0 Å². The van der Waals surface area contributed by atoms with Crippen molar-refractivity contribution in [1.82, 2.24) is 9.80 Å². The van der Waals surface area contributed by atoms with E-state index in [1.165, 1.54) is 4.31 Å². The van der Waals surface area contributed by atoms with Crippen LogP contribution < -0.4 is 10.0 Å². The molecule has 174 valence electrons. The van der Waals surface area contributed by atoms with E-state index in [0.717, 1.165) is 31.7 Å². The van der Waals surface area contributed by atoms with Gasteiger partial charge in [-0.05, 0) is 17.7 Å². The average Bonchev–Trinajstić information content (AvgIpc) is 2.82. The Kier molecular flexibility index (Phi) is 8.77. The second-order valence-corrected chi connectivity index (χ2v) is 9.90. The molecule has 0 aromatic heterocycles. The van der Waals surface area contributed by atoms with Crippen LogP contribution in [-0.2, 0) is 16.6 Å². The fourth-order valence-electron chi connectivity index (χ4n) is 3.76. The molecule has 0 atom stereocenters. The zero-order valence-corrected chi connectivity index (χ0v) is 19.1. The van der Waals surface area contributed by atoms with E-state index in [9.17, 15) is 13.2 Å². The van der Waals surface area contributed by atoms with E-state index in [0.29, 0.717) is 24.3 Å². The number of aliphatic hydroxyl groups excluding tert-OH is 1. The maximum Gasteiger partial charge on any atom is 0.236 e. The maximum atomic E-state index is 13.4. The summed E-state index contributed by atoms with van der Waals surface area (Å²) in [6, 6.07) is 16.0. The van der Waals surface area contributed by atoms with Gasteiger partial charge in [0.25, 0.3) is 0 Å². The predicted molar refractivity (Wildman–Crippen MR) is 126 cm³/mol. The molecule has 0 spiro atoms. The second-order valence-electron chi connectivity index (χ2n) is 7.89. The molecule has 1 saturated heterocycles. The molecule has 2 aromatic rings. The van der Waals surface area contributed by atoms with Crippen molar-refractivity contribution >= 4 is 21.5 Å². The first-order valence-electron chi connectivity index (χ1n) is 10.9. The van der Waals surface area contributed by atoms with Gasteiger partial charge in [0.15, 0.2) is 5.78 Å². The Hall–Kier alpha value is -2.30. The number of carbonyl (C=O) groups is 1. The number of Topliss-reactive ketones (excluding diaryl/α,β-unsaturated/α-hetero) is 1. The quantitative estimate of drug-likeness (QED) is 0.477. The fourth-order valence-corrected chi connectivity index (χ4v) is 5.25. The summed E-state index contributed by atoms with van der Waals surface area (Å²) in [4.78, 5) is 16.1. The van der Waals surface area contributed by atoms with Crippen molar-refractivity contribution in [3.05, 3.63) is 65.7 Å². The number of β-amino-alcohol motifs (C(OH)–C–C–N with tert-alkyl or cyclic N) is 1. The summed E-state index contributed by atoms with van der Waals surface area (Å²) in [7, 11) is -3.58. The minimum absolute atomic E-state index is 0.0195. The third-order valence-corrected chi connectivity index (χ3v) is 7.42. The van der Waals surface area contributed by atoms with Gasteiger partial charge in [-0.15, -0.1) is 0 Å². The van der Waals surface area contributed by atoms with Gasteiger partial charge >= 0.3 is 0 Å². The Labute approximate surface area is 190 Å². The lowest BCUT2D eigenvalue weighted by Gasteiger charge is -2.34. The lowest BCUT2D eigenvalue weighted by molar-refractivity contribution is 0.100. The zero-order chi connectivity index (χ0) is 23.0. The molecular formula is C23H32N4O4S. The molecule has 0 saturated carbocycles. The smallest absolute Gasteiger partial charge is 0.236 e. The zero-order valence-electron chi connectivity index (χ0n) is 18.3. The van der Waals surface area contributed by atoms with Crippen LogP contribution in [0.1, 0.15) is 15.9 Å². The number of nitrogens with two attached hydrogens (primary N) is 1. The summed E-state index contributed by atoms with van der Waals surface area (Å²) in [6.45, 7) is 4.63. The number of piperazine rings is 1. The Morgan fingerprint density at radius 2 is 1.53 bits per heavy atom. The highest BCUT2D eigenvalue weighted by Gasteiger charge is 2.25. The lowest BCUT2D eigenvalue weighted by atomic mass is 10.1. The van der Waals surface area contributed by atoms with Crippen LogP contribution in [-0.4, -0.2) is 87.3 Å². The molecule has 1 fully saturated rings. The van der Waals surface area contributed by atoms with E-state index in [-0.39, 0.29) is 31.2 Å². The molecule has 3 N–H and O–H groups in total. The van der Waals surface area contributed by atoms with Crippen LogP contribution in [0, 0.1) is 0 Å². The lowest BCUT2D eigenvalue weighted by Crippen LogP contribution is -2.49. The van der Waals surface area contributed by atoms with Gasteiger partial charge in [-0.3, -0.25) is 18.9 Å². The molecule has 3 rings (SSSR count). The Bertz CT molecular complexity index is 959. The molecule has 1 heterocycles. The second kappa shape index (κ2) is 11.5. The van der Waals surface area contributed by atoms with Crippen molar-refractivity contribution < 1.29 is 18.3 Å². The first-order chi connectivity index (χ1) is 15.4. The largest absolute Gasteiger partial charge is 0.395 e. The third kappa shape index (κ3) is 6.60. The Morgan fingerprint density at radius 3 is 2.09 bits per heavy atom. The van der Waals surface area contributed by atoms with E-state index in [4.69, 9.17) is 10.8 Å². The number of benzene rings is 2. The van der Waals surface area contributed by atoms with Crippen LogP contribution in [0.15, 0.2) is 54.6 Å². The number of aliphatic hydroxyl groups is 1. The summed E-state index contributed by atoms with van der Waals surface area (Å²) in [5.41, 5.74) is 7.35. The number of rotatable bonds is 11. The van der Waals surface area contributed by atoms with Gasteiger partial charge in [0, 0.05) is 44.8 Å². The molecule has 32 heavy (non-hydrogen) atoms. The predicted octanol–water partition coefficient (Wildman–Crippen LogP) is 0.774. The number of sulfonamides is 1. The van der Waals surface area contributed by atoms with Gasteiger partial charge in [-0.2, -0.15) is 0 Å². The van der Waals surface area contributed by atoms with Gasteiger partial charge in [-0.25, -0.2) is 8.42 Å². The average molecular weight is 461 g/mol. The van der Waals surface area contributed by atoms with E-state index in [2.05, 4.69) is 9.80 Å². The Morgan fingerprint density at radius 1 is 0.938 bits per heavy atom. The van der Waals surface area contributed by atoms with Crippen molar-refractivity contribution in [2.45, 2.75) is 6.54 Å². The monoisotopic (exact) mass is 460 g/mol. The topological polar surface area (TPSA) is 107 Å². The molecule has 0 radical (unpaired) electrons. The normalized spacial score (nSPS) is 15.6. The van der Waals surface area contributed by atoms with Crippen LogP contribution in [0.2, 0.25) is 0 Å². The van der Waals surface area contributed by atoms with Gasteiger partial charge in [0.1, 0.15) is 0 Å². The Balaban J connectivity index is 1.70. The minimum atomic E-state index is -3.58. The number of hydrogen-bond acceptors (Lipinski definition) is 7. The summed E-state index contributed by atoms with van der Waals surface area (Å²) < 4.78 is 28.1. The number of anilines is 1. The van der Waals surface area contributed by atoms with E-state index >= 15 is 0 Å². The van der Waals surface area contributed by atoms with Gasteiger partial charge in [0.05, 0.1) is 31.1 Å². The van der Waals surface area contributed by atoms with Crippen LogP contribution in [0.4, 0.5) is 5.69 Å². The number of ketones is 1. The number of carbonyl (C=O) groups excluding carboxylic acids is 1. The molecule has 0 aliphatic carbocycles. The standard InChI is InChI=1S/C23H32N4O4S/c24-18-23(29)21-8-6-20(7-9-21)19-27(22-4-2-1-3-5-22)32(30,31)17-15-26-12-10-25(11-13-26)14-16-28/h1-9,28H,10-19,24H2. The van der Waals surface area contributed by atoms with Crippen molar-refractivity contribution in [3.8, 4) is 0 Å². The molecule has 8 nitrogen and oxygen atoms in total. The molecule has 1 aliphatic heterocycles. The highest BCUT2D eigenvalue weighted by atomic mass is 32.2. The first-order valence-corrected chi connectivity index (χ1v) is 12.5. The summed E-state index contributed by atoms with van der Waals surface area (Å²) >= 11 is 0. The van der Waals surface area contributed by atoms with Crippen LogP contribution in [0.5, 0.6) is 0 Å². The summed E-state index contributed by atoms with van der Waals surface area (Å²) in [5.74, 6) is -0.130. The molecular weight excluding hydrogens is 428 g/mol. The molecule has 9 heteroatoms. The molecule has 0 bridgehead atoms. The molecule has 0 unspecified atom stereocenters. The molecule has 1 aliphatic rings. The van der Waals surface area contributed by atoms with Crippen LogP contribution in [0.3, 0.4) is 0 Å². The van der Waals surface area contributed by atoms with Crippen LogP contribution >= 0.6 is 0 Å². The number of para-hydroxylation sites is 1. The van der Waals surface area contributed by atoms with Gasteiger partial charge < -0.3 is 10.8 Å². The van der Waals surface area contributed by atoms with Crippen molar-refractivity contribution in [2.24, 2.45) is 5.73 Å². The van der Waals surface area contributed by atoms with E-state index in [1.54, 1.807) is 36.4 Å². The van der Waals surface area contributed by atoms with Crippen molar-refractivity contribution in [1.29, 1.82) is 0 Å². The summed E-state index contributed by atoms with van der Waals surface area (Å²) in [6.07, 6.45) is 0. The van der Waals surface area contributed by atoms with Crippen molar-refractivity contribution in [2.75, 3.05) is 62.5 Å². The highest BCUT2D eigenvalue weighted by molar-refractivity contribution is 7.92. The SMILES string of the molecule is NCC(=O)c1ccc(CN(c2ccccc2)S(=O)(=O)CCN2CCN(CCO)CC2)cc1. The third-order valence-electron chi connectivity index (χ3n) is 5.71. The minimum Gasteiger partial charge on any atom is -0.395 e. The fraction of sp³-hybridized carbons (Fsp3) is 0.435. The van der Waals surface area contributed by atoms with Gasteiger partial charge in [0.2, 0.25) is 10.0 Å². The van der Waals surface area contributed by atoms with Crippen LogP contribution in [0.25, 0.3) is 0 Å². The molecule has 0 amide bonds. The maximum absolute atomic E-state index is 13.4. The highest BCUT2D eigenvalue weighted by Crippen LogP contribution is 2.22. The van der Waals surface area contributed by atoms with Gasteiger partial charge in [-0.1, -0.05) is 42.5 Å². The summed E-state index contributed by atoms with van der Waals surface area (Å²) in [5, 5.41) is 9.08. The molecule has 2 aromatic carbocycles. The first kappa shape index (κ1) is 24.3. The van der Waals surface area contributed by atoms with E-state index in [1.807, 2.05) is 18.2 Å². The number of nitrogens with zero attached hydrogens (tertiary/aromatic N) is 3. The van der Waals surface area contributed by atoms with Crippen molar-refractivity contribution in [3.63, 3.8) is 0 Å². The number of hydrogen-bond donors (Lipinski definition) is 2.